The molecule has 3 atom stereocenters. The summed E-state index contributed by atoms with van der Waals surface area (Å²) in [7, 11) is 3.07. The van der Waals surface area contributed by atoms with E-state index >= 15 is 0 Å². The minimum atomic E-state index is -0.901. The Bertz CT molecular complexity index is 1830. The average molecular weight is 633 g/mol. The van der Waals surface area contributed by atoms with Crippen LogP contribution in [0.15, 0.2) is 82.6 Å². The molecule has 12 nitrogen and oxygen atoms in total. The molecule has 0 radical (unpaired) electrons. The van der Waals surface area contributed by atoms with Crippen LogP contribution in [-0.4, -0.2) is 46.7 Å². The molecule has 44 heavy (non-hydrogen) atoms. The summed E-state index contributed by atoms with van der Waals surface area (Å²) in [5.41, 5.74) is 1.26. The molecule has 0 spiro atoms. The first-order valence-electron chi connectivity index (χ1n) is 13.3. The number of methoxy groups -OCH3 is 2. The van der Waals surface area contributed by atoms with Crippen LogP contribution in [-0.2, 0) is 20.9 Å². The standard InChI is InChI=1S/C30H24N4O8S2/c1-41-20-11-3-16(4-12-20)23-24-25(28(37)33(27(24)36)18-7-9-19(10-8-18)34(39)40)43-29-26(23)44-30(38)32(29)15-22(35)31-17-5-13-21(42-2)14-6-17/h3-14,23-25H,15H2,1-2H3,(H,31,35)/t23-,24?,25?/m1/s1. The van der Waals surface area contributed by atoms with Gasteiger partial charge in [-0.05, 0) is 54.1 Å². The van der Waals surface area contributed by atoms with Crippen molar-refractivity contribution in [2.24, 2.45) is 5.92 Å². The quantitative estimate of drug-likeness (QED) is 0.171. The van der Waals surface area contributed by atoms with Gasteiger partial charge in [-0.1, -0.05) is 35.2 Å². The number of ether oxygens (including phenoxy) is 2. The lowest BCUT2D eigenvalue weighted by atomic mass is 9.83. The molecule has 2 unspecified atom stereocenters. The van der Waals surface area contributed by atoms with Crippen LogP contribution in [0.5, 0.6) is 11.5 Å². The number of nitro groups is 1. The maximum Gasteiger partial charge on any atom is 0.308 e. The molecule has 0 aliphatic carbocycles. The number of nitro benzene ring substituents is 1. The highest BCUT2D eigenvalue weighted by atomic mass is 32.2. The van der Waals surface area contributed by atoms with Gasteiger partial charge in [-0.3, -0.25) is 33.9 Å². The third kappa shape index (κ3) is 5.11. The number of nitrogens with one attached hydrogen (secondary N) is 1. The van der Waals surface area contributed by atoms with Crippen LogP contribution in [0.2, 0.25) is 0 Å². The normalized spacial score (nSPS) is 18.9. The van der Waals surface area contributed by atoms with Crippen molar-refractivity contribution in [1.29, 1.82) is 0 Å². The van der Waals surface area contributed by atoms with Crippen LogP contribution < -0.4 is 24.6 Å². The van der Waals surface area contributed by atoms with Crippen LogP contribution in [0.1, 0.15) is 16.4 Å². The molecule has 14 heteroatoms. The summed E-state index contributed by atoms with van der Waals surface area (Å²) in [5.74, 6) is -1.72. The van der Waals surface area contributed by atoms with Crippen LogP contribution in [0.25, 0.3) is 0 Å². The van der Waals surface area contributed by atoms with Gasteiger partial charge in [0.15, 0.2) is 0 Å². The lowest BCUT2D eigenvalue weighted by molar-refractivity contribution is -0.384. The number of aromatic nitrogens is 1. The Morgan fingerprint density at radius 3 is 2.11 bits per heavy atom. The Labute approximate surface area is 258 Å². The average Bonchev–Trinajstić information content (AvgIpc) is 3.47. The van der Waals surface area contributed by atoms with E-state index in [1.165, 1.54) is 43.1 Å². The first kappa shape index (κ1) is 29.1. The molecule has 4 aromatic rings. The highest BCUT2D eigenvalue weighted by Crippen LogP contribution is 2.54. The van der Waals surface area contributed by atoms with Gasteiger partial charge < -0.3 is 14.8 Å². The maximum absolute atomic E-state index is 14.0. The van der Waals surface area contributed by atoms with E-state index in [-0.39, 0.29) is 17.9 Å². The van der Waals surface area contributed by atoms with Gasteiger partial charge in [0.05, 0.1) is 35.8 Å². The molecule has 3 amide bonds. The Kier molecular flexibility index (Phi) is 7.69. The second kappa shape index (κ2) is 11.6. The fourth-order valence-corrected chi connectivity index (χ4v) is 8.20. The van der Waals surface area contributed by atoms with Crippen molar-refractivity contribution in [3.63, 3.8) is 0 Å². The van der Waals surface area contributed by atoms with E-state index in [9.17, 15) is 29.3 Å². The highest BCUT2D eigenvalue weighted by Gasteiger charge is 2.56. The van der Waals surface area contributed by atoms with Gasteiger partial charge in [0.2, 0.25) is 17.7 Å². The number of rotatable bonds is 8. The fourth-order valence-electron chi connectivity index (χ4n) is 5.42. The Balaban J connectivity index is 1.38. The summed E-state index contributed by atoms with van der Waals surface area (Å²) in [6.45, 7) is -0.301. The summed E-state index contributed by atoms with van der Waals surface area (Å²) >= 11 is 2.02. The lowest BCUT2D eigenvalue weighted by Crippen LogP contribution is -2.33. The minimum absolute atomic E-state index is 0.171. The molecule has 0 bridgehead atoms. The summed E-state index contributed by atoms with van der Waals surface area (Å²) in [6.07, 6.45) is 0. The van der Waals surface area contributed by atoms with Gasteiger partial charge in [-0.15, -0.1) is 0 Å². The zero-order valence-electron chi connectivity index (χ0n) is 23.3. The molecule has 1 N–H and O–H groups in total. The van der Waals surface area contributed by atoms with Crippen molar-refractivity contribution >= 4 is 57.9 Å². The maximum atomic E-state index is 14.0. The molecule has 1 fully saturated rings. The first-order valence-corrected chi connectivity index (χ1v) is 15.0. The number of amides is 3. The van der Waals surface area contributed by atoms with E-state index in [4.69, 9.17) is 9.47 Å². The van der Waals surface area contributed by atoms with Gasteiger partial charge in [-0.25, -0.2) is 4.90 Å². The van der Waals surface area contributed by atoms with E-state index in [1.54, 1.807) is 48.5 Å². The van der Waals surface area contributed by atoms with Gasteiger partial charge in [-0.2, -0.15) is 0 Å². The predicted molar refractivity (Wildman–Crippen MR) is 164 cm³/mol. The molecule has 1 aromatic heterocycles. The first-order chi connectivity index (χ1) is 21.2. The Morgan fingerprint density at radius 2 is 1.52 bits per heavy atom. The number of hydrogen-bond acceptors (Lipinski definition) is 10. The number of imide groups is 1. The second-order valence-electron chi connectivity index (χ2n) is 10.0. The van der Waals surface area contributed by atoms with E-state index in [2.05, 4.69) is 5.32 Å². The monoisotopic (exact) mass is 632 g/mol. The number of anilines is 2. The number of thioether (sulfide) groups is 1. The number of nitrogens with zero attached hydrogens (tertiary/aromatic N) is 3. The third-order valence-electron chi connectivity index (χ3n) is 7.52. The van der Waals surface area contributed by atoms with Crippen molar-refractivity contribution < 1.29 is 28.8 Å². The van der Waals surface area contributed by atoms with Gasteiger partial charge in [0.25, 0.3) is 5.69 Å². The van der Waals surface area contributed by atoms with Crippen LogP contribution in [0, 0.1) is 16.0 Å². The number of fused-ring (bicyclic) bond motifs is 2. The van der Waals surface area contributed by atoms with E-state index in [0.29, 0.717) is 32.7 Å². The topological polar surface area (TPSA) is 150 Å². The predicted octanol–water partition coefficient (Wildman–Crippen LogP) is 4.27. The van der Waals surface area contributed by atoms with Gasteiger partial charge in [0, 0.05) is 28.6 Å². The van der Waals surface area contributed by atoms with Gasteiger partial charge >= 0.3 is 4.87 Å². The van der Waals surface area contributed by atoms with Crippen molar-refractivity contribution in [1.82, 2.24) is 4.57 Å². The van der Waals surface area contributed by atoms with Crippen LogP contribution in [0.3, 0.4) is 0 Å². The zero-order valence-corrected chi connectivity index (χ0v) is 24.9. The number of thiazole rings is 1. The van der Waals surface area contributed by atoms with Crippen molar-refractivity contribution in [3.8, 4) is 11.5 Å². The summed E-state index contributed by atoms with van der Waals surface area (Å²) < 4.78 is 11.8. The number of benzene rings is 3. The van der Waals surface area contributed by atoms with E-state index in [0.717, 1.165) is 28.0 Å². The zero-order chi connectivity index (χ0) is 31.1. The molecule has 2 aliphatic rings. The summed E-state index contributed by atoms with van der Waals surface area (Å²) in [5, 5.41) is 13.5. The van der Waals surface area contributed by atoms with Crippen molar-refractivity contribution in [2.75, 3.05) is 24.4 Å². The molecule has 0 saturated carbocycles. The highest BCUT2D eigenvalue weighted by molar-refractivity contribution is 8.00. The SMILES string of the molecule is COc1ccc(NC(=O)Cn2c3c(sc2=O)[C@H](c2ccc(OC)cc2)C2C(=O)N(c4ccc([N+](=O)[O-])cc4)C(=O)C2S3)cc1. The molecule has 224 valence electrons. The van der Waals surface area contributed by atoms with E-state index < -0.39 is 44.6 Å². The molecular formula is C30H24N4O8S2. The number of carbonyl (C=O) groups excluding carboxylic acids is 3. The number of non-ortho nitro benzene ring substituents is 1. The number of carbonyl (C=O) groups is 3. The number of hydrogen-bond donors (Lipinski definition) is 1. The molecule has 3 heterocycles. The summed E-state index contributed by atoms with van der Waals surface area (Å²) in [6, 6.07) is 19.0. The Morgan fingerprint density at radius 1 is 0.909 bits per heavy atom. The van der Waals surface area contributed by atoms with E-state index in [1.807, 2.05) is 0 Å². The molecule has 3 aromatic carbocycles. The van der Waals surface area contributed by atoms with Crippen molar-refractivity contribution in [2.45, 2.75) is 22.7 Å². The third-order valence-corrected chi connectivity index (χ3v) is 10.1. The largest absolute Gasteiger partial charge is 0.497 e. The second-order valence-corrected chi connectivity index (χ2v) is 12.1. The lowest BCUT2D eigenvalue weighted by Gasteiger charge is -2.30. The molecule has 6 rings (SSSR count). The fraction of sp³-hybridized carbons (Fsp3) is 0.200. The van der Waals surface area contributed by atoms with Crippen LogP contribution in [0.4, 0.5) is 17.1 Å². The summed E-state index contributed by atoms with van der Waals surface area (Å²) in [4.78, 5) is 66.1. The van der Waals surface area contributed by atoms with Crippen LogP contribution >= 0.6 is 23.1 Å². The smallest absolute Gasteiger partial charge is 0.308 e. The molecule has 1 saturated heterocycles. The Hall–Kier alpha value is -4.95. The minimum Gasteiger partial charge on any atom is -0.497 e. The van der Waals surface area contributed by atoms with Crippen molar-refractivity contribution in [3.05, 3.63) is 103 Å². The molecular weight excluding hydrogens is 608 g/mol. The molecule has 2 aliphatic heterocycles. The van der Waals surface area contributed by atoms with Gasteiger partial charge in [0.1, 0.15) is 23.3 Å².